The van der Waals surface area contributed by atoms with Crippen LogP contribution < -0.4 is 14.9 Å². The van der Waals surface area contributed by atoms with E-state index in [1.807, 2.05) is 0 Å². The Balaban J connectivity index is 1.49. The average Bonchev–Trinajstić information content (AvgIpc) is 2.79. The topological polar surface area (TPSA) is 114 Å². The van der Waals surface area contributed by atoms with Crippen molar-refractivity contribution in [3.8, 4) is 5.75 Å². The second-order valence-corrected chi connectivity index (χ2v) is 9.12. The third-order valence-corrected chi connectivity index (χ3v) is 6.09. The van der Waals surface area contributed by atoms with Gasteiger partial charge in [0.25, 0.3) is 5.91 Å². The number of nitrogens with one attached hydrogen (secondary N) is 2. The highest BCUT2D eigenvalue weighted by Gasteiger charge is 2.15. The second-order valence-electron chi connectivity index (χ2n) is 6.51. The maximum Gasteiger partial charge on any atom is 0.345 e. The summed E-state index contributed by atoms with van der Waals surface area (Å²) in [6.07, 6.45) is 1.35. The lowest BCUT2D eigenvalue weighted by Crippen LogP contribution is -2.34. The number of ether oxygens (including phenoxy) is 1. The molecule has 33 heavy (non-hydrogen) atoms. The minimum absolute atomic E-state index is 0.0559. The molecule has 0 aliphatic carbocycles. The highest BCUT2D eigenvalue weighted by molar-refractivity contribution is 7.89. The smallest absolute Gasteiger partial charge is 0.345 e. The van der Waals surface area contributed by atoms with Gasteiger partial charge in [-0.25, -0.2) is 23.4 Å². The normalized spacial score (nSPS) is 11.3. The molecule has 8 nitrogen and oxygen atoms in total. The molecule has 3 aromatic rings. The van der Waals surface area contributed by atoms with Crippen LogP contribution in [0.4, 0.5) is 0 Å². The molecule has 0 aromatic heterocycles. The summed E-state index contributed by atoms with van der Waals surface area (Å²) in [5, 5.41) is 4.36. The lowest BCUT2D eigenvalue weighted by atomic mass is 10.2. The van der Waals surface area contributed by atoms with E-state index in [2.05, 4.69) is 15.2 Å². The molecule has 0 fully saturated rings. The van der Waals surface area contributed by atoms with Gasteiger partial charge in [0, 0.05) is 5.02 Å². The Hall–Kier alpha value is -3.24. The van der Waals surface area contributed by atoms with Gasteiger partial charge < -0.3 is 4.74 Å². The number of hydrazone groups is 1. The zero-order chi connectivity index (χ0) is 23.8. The van der Waals surface area contributed by atoms with Crippen molar-refractivity contribution in [1.29, 1.82) is 0 Å². The number of hydrogen-bond acceptors (Lipinski definition) is 6. The number of hydrogen-bond donors (Lipinski definition) is 2. The van der Waals surface area contributed by atoms with Gasteiger partial charge in [-0.05, 0) is 60.2 Å². The van der Waals surface area contributed by atoms with Crippen LogP contribution in [0.25, 0.3) is 0 Å². The van der Waals surface area contributed by atoms with Crippen LogP contribution in [-0.4, -0.2) is 33.1 Å². The van der Waals surface area contributed by atoms with E-state index in [9.17, 15) is 18.0 Å². The number of nitrogens with zero attached hydrogens (tertiary/aromatic N) is 1. The van der Waals surface area contributed by atoms with Crippen molar-refractivity contribution in [3.05, 3.63) is 94.0 Å². The summed E-state index contributed by atoms with van der Waals surface area (Å²) in [5.74, 6) is -0.998. The first-order chi connectivity index (χ1) is 15.7. The van der Waals surface area contributed by atoms with Gasteiger partial charge in [-0.3, -0.25) is 4.79 Å². The lowest BCUT2D eigenvalue weighted by molar-refractivity contribution is -0.119. The fourth-order valence-corrected chi connectivity index (χ4v) is 3.99. The number of rotatable bonds is 8. The number of benzene rings is 3. The first kappa shape index (κ1) is 24.4. The van der Waals surface area contributed by atoms with Crippen molar-refractivity contribution >= 4 is 51.3 Å². The quantitative estimate of drug-likeness (QED) is 0.210. The van der Waals surface area contributed by atoms with Gasteiger partial charge in [-0.2, -0.15) is 5.10 Å². The third-order valence-electron chi connectivity index (χ3n) is 4.12. The molecular weight excluding hydrogens is 489 g/mol. The first-order valence-corrected chi connectivity index (χ1v) is 11.6. The van der Waals surface area contributed by atoms with E-state index in [0.717, 1.165) is 0 Å². The molecule has 0 aliphatic heterocycles. The van der Waals surface area contributed by atoms with Crippen LogP contribution in [0.1, 0.15) is 15.9 Å². The molecule has 0 heterocycles. The Labute approximate surface area is 200 Å². The Morgan fingerprint density at radius 1 is 0.970 bits per heavy atom. The van der Waals surface area contributed by atoms with Crippen LogP contribution in [-0.2, 0) is 14.8 Å². The van der Waals surface area contributed by atoms with E-state index in [1.165, 1.54) is 36.5 Å². The van der Waals surface area contributed by atoms with Crippen molar-refractivity contribution in [2.24, 2.45) is 5.10 Å². The standard InChI is InChI=1S/C22H17Cl2N3O5S/c23-16-8-11-19(20(24)12-16)22(29)32-17-9-6-15(7-10-17)13-25-27-21(28)14-26-33(30,31)18-4-2-1-3-5-18/h1-13,26H,14H2,(H,27,28)/b25-13+. The minimum Gasteiger partial charge on any atom is -0.423 e. The van der Waals surface area contributed by atoms with Crippen LogP contribution in [0.5, 0.6) is 5.75 Å². The van der Waals surface area contributed by atoms with E-state index in [1.54, 1.807) is 42.5 Å². The molecule has 3 aromatic carbocycles. The predicted octanol–water partition coefficient (Wildman–Crippen LogP) is 3.64. The largest absolute Gasteiger partial charge is 0.423 e. The Morgan fingerprint density at radius 2 is 1.67 bits per heavy atom. The van der Waals surface area contributed by atoms with Crippen molar-refractivity contribution in [2.45, 2.75) is 4.90 Å². The molecule has 1 amide bonds. The Bertz CT molecular complexity index is 1280. The van der Waals surface area contributed by atoms with Gasteiger partial charge in [0.05, 0.1) is 28.2 Å². The van der Waals surface area contributed by atoms with E-state index >= 15 is 0 Å². The van der Waals surface area contributed by atoms with Gasteiger partial charge in [0.1, 0.15) is 5.75 Å². The van der Waals surface area contributed by atoms with Crippen molar-refractivity contribution < 1.29 is 22.7 Å². The molecule has 0 bridgehead atoms. The minimum atomic E-state index is -3.79. The fraction of sp³-hybridized carbons (Fsp3) is 0.0455. The third kappa shape index (κ3) is 7.13. The van der Waals surface area contributed by atoms with E-state index in [-0.39, 0.29) is 21.2 Å². The first-order valence-electron chi connectivity index (χ1n) is 9.38. The molecule has 0 saturated heterocycles. The van der Waals surface area contributed by atoms with Gasteiger partial charge >= 0.3 is 5.97 Å². The SMILES string of the molecule is O=C(CNS(=O)(=O)c1ccccc1)N/N=C/c1ccc(OC(=O)c2ccc(Cl)cc2Cl)cc1. The molecule has 0 atom stereocenters. The van der Waals surface area contributed by atoms with Gasteiger partial charge in [0.2, 0.25) is 10.0 Å². The summed E-state index contributed by atoms with van der Waals surface area (Å²) < 4.78 is 31.6. The van der Waals surface area contributed by atoms with E-state index in [0.29, 0.717) is 10.6 Å². The van der Waals surface area contributed by atoms with E-state index in [4.69, 9.17) is 27.9 Å². The number of carbonyl (C=O) groups is 2. The average molecular weight is 506 g/mol. The molecule has 3 rings (SSSR count). The fourth-order valence-electron chi connectivity index (χ4n) is 2.50. The summed E-state index contributed by atoms with van der Waals surface area (Å²) in [5.41, 5.74) is 3.01. The molecule has 0 spiro atoms. The van der Waals surface area contributed by atoms with Crippen LogP contribution >= 0.6 is 23.2 Å². The lowest BCUT2D eigenvalue weighted by Gasteiger charge is -2.06. The maximum absolute atomic E-state index is 12.2. The summed E-state index contributed by atoms with van der Waals surface area (Å²) in [4.78, 5) is 24.1. The monoisotopic (exact) mass is 505 g/mol. The summed E-state index contributed by atoms with van der Waals surface area (Å²) in [7, 11) is -3.79. The predicted molar refractivity (Wildman–Crippen MR) is 125 cm³/mol. The number of carbonyl (C=O) groups excluding carboxylic acids is 2. The second kappa shape index (κ2) is 11.1. The van der Waals surface area contributed by atoms with Gasteiger partial charge in [-0.1, -0.05) is 41.4 Å². The maximum atomic E-state index is 12.2. The molecule has 0 aliphatic rings. The van der Waals surface area contributed by atoms with Crippen molar-refractivity contribution in [2.75, 3.05) is 6.54 Å². The Morgan fingerprint density at radius 3 is 2.33 bits per heavy atom. The number of esters is 1. The zero-order valence-electron chi connectivity index (χ0n) is 16.9. The molecule has 0 radical (unpaired) electrons. The molecule has 11 heteroatoms. The van der Waals surface area contributed by atoms with Crippen molar-refractivity contribution in [3.63, 3.8) is 0 Å². The molecule has 0 saturated carbocycles. The highest BCUT2D eigenvalue weighted by atomic mass is 35.5. The Kier molecular flexibility index (Phi) is 8.18. The van der Waals surface area contributed by atoms with Crippen LogP contribution in [0.15, 0.2) is 82.8 Å². The highest BCUT2D eigenvalue weighted by Crippen LogP contribution is 2.23. The molecule has 2 N–H and O–H groups in total. The van der Waals surface area contributed by atoms with Crippen LogP contribution in [0.3, 0.4) is 0 Å². The summed E-state index contributed by atoms with van der Waals surface area (Å²) >= 11 is 11.8. The van der Waals surface area contributed by atoms with Crippen LogP contribution in [0.2, 0.25) is 10.0 Å². The zero-order valence-corrected chi connectivity index (χ0v) is 19.2. The number of halogens is 2. The molecule has 0 unspecified atom stereocenters. The molecular formula is C22H17Cl2N3O5S. The van der Waals surface area contributed by atoms with Crippen LogP contribution in [0, 0.1) is 0 Å². The summed E-state index contributed by atoms with van der Waals surface area (Å²) in [6.45, 7) is -0.475. The van der Waals surface area contributed by atoms with E-state index < -0.39 is 28.4 Å². The number of sulfonamides is 1. The van der Waals surface area contributed by atoms with Crippen molar-refractivity contribution in [1.82, 2.24) is 10.1 Å². The summed E-state index contributed by atoms with van der Waals surface area (Å²) in [6, 6.07) is 18.4. The number of amides is 1. The van der Waals surface area contributed by atoms with Gasteiger partial charge in [-0.15, -0.1) is 0 Å². The molecule has 170 valence electrons. The van der Waals surface area contributed by atoms with Gasteiger partial charge in [0.15, 0.2) is 0 Å².